The van der Waals surface area contributed by atoms with E-state index >= 15 is 0 Å². The van der Waals surface area contributed by atoms with E-state index < -0.39 is 11.7 Å². The molecule has 0 unspecified atom stereocenters. The first-order chi connectivity index (χ1) is 14.8. The SMILES string of the molecule is CCCc1cc(N2CC[C@H](NC(=O)OC(C)(C)C)C2)nc(Nc2cccc(C#N)c2)n1. The van der Waals surface area contributed by atoms with Crippen LogP contribution in [0, 0.1) is 11.3 Å². The number of ether oxygens (including phenoxy) is 1. The second kappa shape index (κ2) is 9.65. The Kier molecular flexibility index (Phi) is 6.95. The van der Waals surface area contributed by atoms with E-state index in [2.05, 4.69) is 33.5 Å². The molecule has 164 valence electrons. The number of carbonyl (C=O) groups is 1. The van der Waals surface area contributed by atoms with E-state index in [1.54, 1.807) is 12.1 Å². The van der Waals surface area contributed by atoms with Crippen LogP contribution in [0.5, 0.6) is 0 Å². The summed E-state index contributed by atoms with van der Waals surface area (Å²) in [5.41, 5.74) is 1.78. The Bertz CT molecular complexity index is 963. The van der Waals surface area contributed by atoms with Gasteiger partial charge in [0.15, 0.2) is 0 Å². The second-order valence-electron chi connectivity index (χ2n) is 8.69. The number of nitrogens with zero attached hydrogens (tertiary/aromatic N) is 4. The topological polar surface area (TPSA) is 103 Å². The minimum absolute atomic E-state index is 0.00293. The number of anilines is 3. The highest BCUT2D eigenvalue weighted by Crippen LogP contribution is 2.23. The first-order valence-corrected chi connectivity index (χ1v) is 10.7. The van der Waals surface area contributed by atoms with Gasteiger partial charge in [-0.15, -0.1) is 0 Å². The molecule has 1 saturated heterocycles. The van der Waals surface area contributed by atoms with Gasteiger partial charge in [-0.3, -0.25) is 0 Å². The van der Waals surface area contributed by atoms with Gasteiger partial charge in [-0.25, -0.2) is 9.78 Å². The summed E-state index contributed by atoms with van der Waals surface area (Å²) < 4.78 is 5.37. The van der Waals surface area contributed by atoms with E-state index in [9.17, 15) is 4.79 Å². The van der Waals surface area contributed by atoms with Crippen LogP contribution in [0.3, 0.4) is 0 Å². The number of aryl methyl sites for hydroxylation is 1. The van der Waals surface area contributed by atoms with Crippen LogP contribution in [0.2, 0.25) is 0 Å². The second-order valence-corrected chi connectivity index (χ2v) is 8.69. The summed E-state index contributed by atoms with van der Waals surface area (Å²) in [6, 6.07) is 11.4. The van der Waals surface area contributed by atoms with E-state index in [0.29, 0.717) is 18.1 Å². The molecule has 2 heterocycles. The Hall–Kier alpha value is -3.34. The van der Waals surface area contributed by atoms with Gasteiger partial charge in [-0.1, -0.05) is 19.4 Å². The van der Waals surface area contributed by atoms with Crippen LogP contribution >= 0.6 is 0 Å². The van der Waals surface area contributed by atoms with Gasteiger partial charge in [0.2, 0.25) is 5.95 Å². The Morgan fingerprint density at radius 2 is 2.13 bits per heavy atom. The molecule has 0 spiro atoms. The normalized spacial score (nSPS) is 16.0. The molecule has 1 amide bonds. The summed E-state index contributed by atoms with van der Waals surface area (Å²) in [5, 5.41) is 15.3. The summed E-state index contributed by atoms with van der Waals surface area (Å²) >= 11 is 0. The van der Waals surface area contributed by atoms with Crippen molar-refractivity contribution < 1.29 is 9.53 Å². The molecule has 8 nitrogen and oxygen atoms in total. The van der Waals surface area contributed by atoms with Crippen molar-refractivity contribution in [3.05, 3.63) is 41.6 Å². The highest BCUT2D eigenvalue weighted by molar-refractivity contribution is 5.68. The molecule has 1 aromatic carbocycles. The van der Waals surface area contributed by atoms with Crippen LogP contribution in [-0.4, -0.2) is 40.8 Å². The number of amides is 1. The third-order valence-electron chi connectivity index (χ3n) is 4.75. The van der Waals surface area contributed by atoms with E-state index in [-0.39, 0.29) is 6.04 Å². The smallest absolute Gasteiger partial charge is 0.407 e. The summed E-state index contributed by atoms with van der Waals surface area (Å²) in [6.07, 6.45) is 2.24. The fourth-order valence-corrected chi connectivity index (χ4v) is 3.44. The lowest BCUT2D eigenvalue weighted by Gasteiger charge is -2.22. The van der Waals surface area contributed by atoms with Crippen LogP contribution < -0.4 is 15.5 Å². The molecule has 8 heteroatoms. The average molecular weight is 423 g/mol. The molecule has 1 aliphatic rings. The van der Waals surface area contributed by atoms with Crippen molar-refractivity contribution in [1.29, 1.82) is 5.26 Å². The molecule has 1 aromatic heterocycles. The maximum Gasteiger partial charge on any atom is 0.407 e. The van der Waals surface area contributed by atoms with Gasteiger partial charge in [0, 0.05) is 30.5 Å². The highest BCUT2D eigenvalue weighted by Gasteiger charge is 2.27. The number of nitrogens with one attached hydrogen (secondary N) is 2. The van der Waals surface area contributed by atoms with E-state index in [0.717, 1.165) is 43.0 Å². The standard InChI is InChI=1S/C23H30N6O2/c1-5-7-17-13-20(28-21(25-17)26-18-9-6-8-16(12-18)14-24)29-11-10-19(15-29)27-22(30)31-23(2,3)4/h6,8-9,12-13,19H,5,7,10-11,15H2,1-4H3,(H,27,30)(H,25,26,28)/t19-/m0/s1. The molecule has 1 fully saturated rings. The number of hydrogen-bond acceptors (Lipinski definition) is 7. The molecule has 2 aromatic rings. The van der Waals surface area contributed by atoms with Crippen molar-refractivity contribution in [2.24, 2.45) is 0 Å². The van der Waals surface area contributed by atoms with Crippen LogP contribution in [0.25, 0.3) is 0 Å². The van der Waals surface area contributed by atoms with Gasteiger partial charge in [-0.2, -0.15) is 10.2 Å². The van der Waals surface area contributed by atoms with Crippen LogP contribution in [0.15, 0.2) is 30.3 Å². The third-order valence-corrected chi connectivity index (χ3v) is 4.75. The summed E-state index contributed by atoms with van der Waals surface area (Å²) in [6.45, 7) is 9.11. The Balaban J connectivity index is 1.73. The van der Waals surface area contributed by atoms with Crippen LogP contribution in [-0.2, 0) is 11.2 Å². The number of aromatic nitrogens is 2. The van der Waals surface area contributed by atoms with Crippen molar-refractivity contribution in [3.63, 3.8) is 0 Å². The Morgan fingerprint density at radius 3 is 2.84 bits per heavy atom. The number of nitriles is 1. The first kappa shape index (κ1) is 22.3. The maximum absolute atomic E-state index is 12.1. The first-order valence-electron chi connectivity index (χ1n) is 10.7. The molecule has 1 aliphatic heterocycles. The zero-order valence-corrected chi connectivity index (χ0v) is 18.6. The molecule has 31 heavy (non-hydrogen) atoms. The van der Waals surface area contributed by atoms with Crippen molar-refractivity contribution in [2.75, 3.05) is 23.3 Å². The predicted octanol–water partition coefficient (Wildman–Crippen LogP) is 4.15. The van der Waals surface area contributed by atoms with Gasteiger partial charge in [-0.05, 0) is 51.8 Å². The van der Waals surface area contributed by atoms with Gasteiger partial charge in [0.05, 0.1) is 17.7 Å². The number of alkyl carbamates (subject to hydrolysis) is 1. The lowest BCUT2D eigenvalue weighted by atomic mass is 10.2. The van der Waals surface area contributed by atoms with E-state index in [4.69, 9.17) is 15.0 Å². The molecular formula is C23H30N6O2. The highest BCUT2D eigenvalue weighted by atomic mass is 16.6. The molecule has 0 saturated carbocycles. The minimum atomic E-state index is -0.520. The number of hydrogen-bond donors (Lipinski definition) is 2. The molecular weight excluding hydrogens is 392 g/mol. The van der Waals surface area contributed by atoms with Gasteiger partial charge >= 0.3 is 6.09 Å². The Labute approximate surface area is 183 Å². The van der Waals surface area contributed by atoms with Crippen LogP contribution in [0.4, 0.5) is 22.2 Å². The van der Waals surface area contributed by atoms with Crippen molar-refractivity contribution in [2.45, 2.75) is 58.6 Å². The zero-order chi connectivity index (χ0) is 22.4. The number of benzene rings is 1. The quantitative estimate of drug-likeness (QED) is 0.721. The van der Waals surface area contributed by atoms with Crippen molar-refractivity contribution >= 4 is 23.5 Å². The molecule has 0 bridgehead atoms. The molecule has 2 N–H and O–H groups in total. The zero-order valence-electron chi connectivity index (χ0n) is 18.6. The molecule has 0 radical (unpaired) electrons. The summed E-state index contributed by atoms with van der Waals surface area (Å²) in [5.74, 6) is 1.32. The number of carbonyl (C=O) groups excluding carboxylic acids is 1. The van der Waals surface area contributed by atoms with Crippen molar-refractivity contribution in [1.82, 2.24) is 15.3 Å². The monoisotopic (exact) mass is 422 g/mol. The summed E-state index contributed by atoms with van der Waals surface area (Å²) in [7, 11) is 0. The third kappa shape index (κ3) is 6.57. The molecule has 3 rings (SSSR count). The maximum atomic E-state index is 12.1. The van der Waals surface area contributed by atoms with Gasteiger partial charge in [0.1, 0.15) is 11.4 Å². The van der Waals surface area contributed by atoms with E-state index in [1.807, 2.05) is 39.0 Å². The number of rotatable bonds is 6. The van der Waals surface area contributed by atoms with Gasteiger partial charge in [0.25, 0.3) is 0 Å². The Morgan fingerprint density at radius 1 is 1.32 bits per heavy atom. The van der Waals surface area contributed by atoms with Crippen LogP contribution in [0.1, 0.15) is 51.8 Å². The lowest BCUT2D eigenvalue weighted by molar-refractivity contribution is 0.0509. The molecule has 1 atom stereocenters. The average Bonchev–Trinajstić information content (AvgIpc) is 3.15. The molecule has 0 aliphatic carbocycles. The van der Waals surface area contributed by atoms with Crippen molar-refractivity contribution in [3.8, 4) is 6.07 Å². The largest absolute Gasteiger partial charge is 0.444 e. The summed E-state index contributed by atoms with van der Waals surface area (Å²) in [4.78, 5) is 23.6. The fourth-order valence-electron chi connectivity index (χ4n) is 3.44. The predicted molar refractivity (Wildman–Crippen MR) is 120 cm³/mol. The van der Waals surface area contributed by atoms with Gasteiger partial charge < -0.3 is 20.3 Å². The minimum Gasteiger partial charge on any atom is -0.444 e. The fraction of sp³-hybridized carbons (Fsp3) is 0.478. The van der Waals surface area contributed by atoms with E-state index in [1.165, 1.54) is 0 Å². The lowest BCUT2D eigenvalue weighted by Crippen LogP contribution is -2.40.